The molecule has 2 aliphatic rings. The van der Waals surface area contributed by atoms with Crippen LogP contribution >= 0.6 is 23.2 Å². The van der Waals surface area contributed by atoms with E-state index in [1.54, 1.807) is 4.90 Å². The summed E-state index contributed by atoms with van der Waals surface area (Å²) in [6.07, 6.45) is 5.99. The second kappa shape index (κ2) is 10.4. The number of rotatable bonds is 5. The summed E-state index contributed by atoms with van der Waals surface area (Å²) in [5, 5.41) is 2.46. The number of hydrogen-bond acceptors (Lipinski definition) is 5. The van der Waals surface area contributed by atoms with Gasteiger partial charge in [-0.25, -0.2) is 8.42 Å². The Balaban J connectivity index is 1.82. The molecule has 0 saturated carbocycles. The normalized spacial score (nSPS) is 22.5. The number of likely N-dealkylation sites (tertiary alicyclic amines) is 1. The fraction of sp³-hybridized carbons (Fsp3) is 0.524. The summed E-state index contributed by atoms with van der Waals surface area (Å²) >= 11 is 12.1. The minimum absolute atomic E-state index is 0.0851. The summed E-state index contributed by atoms with van der Waals surface area (Å²) in [4.78, 5) is 29.4. The molecule has 32 heavy (non-hydrogen) atoms. The Kier molecular flexibility index (Phi) is 8.08. The summed E-state index contributed by atoms with van der Waals surface area (Å²) < 4.78 is 27.5. The van der Waals surface area contributed by atoms with Crippen LogP contribution in [0.2, 0.25) is 10.0 Å². The topological polar surface area (TPSA) is 90.0 Å². The molecular formula is C21H28Cl2N4O4S. The van der Waals surface area contributed by atoms with E-state index in [9.17, 15) is 18.0 Å². The molecule has 0 aromatic heterocycles. The number of halogens is 2. The Hall–Kier alpha value is -1.81. The molecule has 2 amide bonds. The number of hydrogen-bond donors (Lipinski definition) is 1. The van der Waals surface area contributed by atoms with Gasteiger partial charge in [0.1, 0.15) is 10.9 Å². The first kappa shape index (κ1) is 24.8. The first-order chi connectivity index (χ1) is 15.1. The van der Waals surface area contributed by atoms with E-state index in [2.05, 4.69) is 10.2 Å². The zero-order valence-corrected chi connectivity index (χ0v) is 20.5. The first-order valence-electron chi connectivity index (χ1n) is 10.5. The molecule has 3 rings (SSSR count). The van der Waals surface area contributed by atoms with E-state index in [0.717, 1.165) is 30.0 Å². The molecule has 1 N–H and O–H groups in total. The lowest BCUT2D eigenvalue weighted by Crippen LogP contribution is -2.51. The van der Waals surface area contributed by atoms with Crippen molar-refractivity contribution < 1.29 is 18.0 Å². The van der Waals surface area contributed by atoms with Crippen LogP contribution in [0.5, 0.6) is 0 Å². The van der Waals surface area contributed by atoms with E-state index in [0.29, 0.717) is 19.1 Å². The SMILES string of the molecule is CN(C)[C@@H]1CCCCN(C(=O)C[C@@H]2C(=O)NC=CN2S(=O)(=O)c2cccc(Cl)c2Cl)CC1. The maximum absolute atomic E-state index is 13.3. The highest BCUT2D eigenvalue weighted by Gasteiger charge is 2.39. The van der Waals surface area contributed by atoms with Crippen LogP contribution in [0.1, 0.15) is 32.1 Å². The number of nitrogens with zero attached hydrogens (tertiary/aromatic N) is 3. The van der Waals surface area contributed by atoms with Gasteiger partial charge in [0.2, 0.25) is 11.8 Å². The van der Waals surface area contributed by atoms with E-state index in [1.165, 1.54) is 30.6 Å². The van der Waals surface area contributed by atoms with Gasteiger partial charge in [0.15, 0.2) is 0 Å². The maximum atomic E-state index is 13.3. The largest absolute Gasteiger partial charge is 0.343 e. The average Bonchev–Trinajstić information content (AvgIpc) is 2.70. The second-order valence-electron chi connectivity index (χ2n) is 8.21. The minimum atomic E-state index is -4.21. The van der Waals surface area contributed by atoms with E-state index < -0.39 is 22.0 Å². The minimum Gasteiger partial charge on any atom is -0.343 e. The van der Waals surface area contributed by atoms with E-state index in [-0.39, 0.29) is 27.3 Å². The van der Waals surface area contributed by atoms with Gasteiger partial charge in [0.25, 0.3) is 10.0 Å². The van der Waals surface area contributed by atoms with Crippen LogP contribution in [0.4, 0.5) is 0 Å². The lowest BCUT2D eigenvalue weighted by Gasteiger charge is -2.34. The summed E-state index contributed by atoms with van der Waals surface area (Å²) in [5.41, 5.74) is 0. The molecule has 2 aliphatic heterocycles. The van der Waals surface area contributed by atoms with Crippen molar-refractivity contribution in [1.29, 1.82) is 0 Å². The molecular weight excluding hydrogens is 475 g/mol. The third-order valence-corrected chi connectivity index (χ3v) is 8.69. The highest BCUT2D eigenvalue weighted by molar-refractivity contribution is 7.89. The van der Waals surface area contributed by atoms with E-state index in [4.69, 9.17) is 23.2 Å². The van der Waals surface area contributed by atoms with Gasteiger partial charge < -0.3 is 15.1 Å². The van der Waals surface area contributed by atoms with Gasteiger partial charge in [-0.05, 0) is 45.5 Å². The zero-order valence-electron chi connectivity index (χ0n) is 18.1. The van der Waals surface area contributed by atoms with Crippen LogP contribution in [-0.4, -0.2) is 73.6 Å². The molecule has 1 aromatic rings. The molecule has 11 heteroatoms. The third-order valence-electron chi connectivity index (χ3n) is 5.93. The fourth-order valence-corrected chi connectivity index (χ4v) is 6.23. The van der Waals surface area contributed by atoms with Crippen LogP contribution in [0.25, 0.3) is 0 Å². The van der Waals surface area contributed by atoms with Crippen molar-refractivity contribution in [2.75, 3.05) is 27.2 Å². The smallest absolute Gasteiger partial charge is 0.266 e. The molecule has 0 spiro atoms. The number of carbonyl (C=O) groups is 2. The molecule has 1 fully saturated rings. The molecule has 0 radical (unpaired) electrons. The quantitative estimate of drug-likeness (QED) is 0.668. The molecule has 8 nitrogen and oxygen atoms in total. The maximum Gasteiger partial charge on any atom is 0.266 e. The molecule has 2 atom stereocenters. The predicted molar refractivity (Wildman–Crippen MR) is 124 cm³/mol. The van der Waals surface area contributed by atoms with Gasteiger partial charge in [0, 0.05) is 31.5 Å². The predicted octanol–water partition coefficient (Wildman–Crippen LogP) is 2.68. The number of sulfonamides is 1. The number of nitrogens with one attached hydrogen (secondary N) is 1. The molecule has 0 aliphatic carbocycles. The van der Waals surface area contributed by atoms with Crippen LogP contribution in [0.15, 0.2) is 35.5 Å². The van der Waals surface area contributed by atoms with Gasteiger partial charge in [-0.1, -0.05) is 35.7 Å². The standard InChI is InChI=1S/C21H28Cl2N4O4S/c1-25(2)15-6-3-4-11-26(12-9-15)19(28)14-17-21(29)24-10-13-27(17)32(30,31)18-8-5-7-16(22)20(18)23/h5,7-8,10,13,15,17H,3-4,6,9,11-12,14H2,1-2H3,(H,24,29)/t15-,17-/m1/s1. The van der Waals surface area contributed by atoms with Crippen LogP contribution in [0, 0.1) is 0 Å². The number of benzene rings is 1. The second-order valence-corrected chi connectivity index (χ2v) is 10.8. The van der Waals surface area contributed by atoms with Crippen molar-refractivity contribution >= 4 is 45.0 Å². The van der Waals surface area contributed by atoms with Crippen molar-refractivity contribution in [2.45, 2.75) is 49.1 Å². The lowest BCUT2D eigenvalue weighted by molar-refractivity contribution is -0.136. The molecule has 2 heterocycles. The van der Waals surface area contributed by atoms with E-state index >= 15 is 0 Å². The highest BCUT2D eigenvalue weighted by Crippen LogP contribution is 2.33. The Bertz CT molecular complexity index is 1000. The van der Waals surface area contributed by atoms with Crippen LogP contribution in [-0.2, 0) is 19.6 Å². The van der Waals surface area contributed by atoms with Crippen molar-refractivity contribution in [1.82, 2.24) is 19.4 Å². The summed E-state index contributed by atoms with van der Waals surface area (Å²) in [6.45, 7) is 1.16. The van der Waals surface area contributed by atoms with Gasteiger partial charge >= 0.3 is 0 Å². The fourth-order valence-electron chi connectivity index (χ4n) is 4.04. The first-order valence-corrected chi connectivity index (χ1v) is 12.7. The van der Waals surface area contributed by atoms with Crippen LogP contribution < -0.4 is 5.32 Å². The Labute approximate surface area is 199 Å². The molecule has 176 valence electrons. The molecule has 0 unspecified atom stereocenters. The number of carbonyl (C=O) groups excluding carboxylic acids is 2. The van der Waals surface area contributed by atoms with Crippen LogP contribution in [0.3, 0.4) is 0 Å². The zero-order chi connectivity index (χ0) is 23.5. The summed E-state index contributed by atoms with van der Waals surface area (Å²) in [6, 6.07) is 3.43. The highest BCUT2D eigenvalue weighted by atomic mass is 35.5. The summed E-state index contributed by atoms with van der Waals surface area (Å²) in [7, 11) is -0.158. The van der Waals surface area contributed by atoms with Crippen molar-refractivity contribution in [3.8, 4) is 0 Å². The van der Waals surface area contributed by atoms with Gasteiger partial charge in [-0.2, -0.15) is 0 Å². The van der Waals surface area contributed by atoms with Crippen molar-refractivity contribution in [3.63, 3.8) is 0 Å². The Morgan fingerprint density at radius 2 is 1.94 bits per heavy atom. The van der Waals surface area contributed by atoms with Gasteiger partial charge in [-0.15, -0.1) is 0 Å². The summed E-state index contributed by atoms with van der Waals surface area (Å²) in [5.74, 6) is -0.821. The van der Waals surface area contributed by atoms with Gasteiger partial charge in [-0.3, -0.25) is 13.9 Å². The third kappa shape index (κ3) is 5.39. The van der Waals surface area contributed by atoms with Crippen molar-refractivity contribution in [3.05, 3.63) is 40.6 Å². The lowest BCUT2D eigenvalue weighted by atomic mass is 10.0. The molecule has 1 saturated heterocycles. The molecule has 1 aromatic carbocycles. The van der Waals surface area contributed by atoms with Gasteiger partial charge in [0.05, 0.1) is 16.5 Å². The average molecular weight is 503 g/mol. The monoisotopic (exact) mass is 502 g/mol. The molecule has 0 bridgehead atoms. The van der Waals surface area contributed by atoms with Crippen molar-refractivity contribution in [2.24, 2.45) is 0 Å². The Morgan fingerprint density at radius 3 is 2.66 bits per heavy atom. The number of amides is 2. The Morgan fingerprint density at radius 1 is 1.19 bits per heavy atom. The van der Waals surface area contributed by atoms with E-state index in [1.807, 2.05) is 14.1 Å².